The fourth-order valence-corrected chi connectivity index (χ4v) is 3.65. The van der Waals surface area contributed by atoms with Crippen LogP contribution in [0.1, 0.15) is 30.9 Å². The number of halogens is 1. The van der Waals surface area contributed by atoms with Gasteiger partial charge in [-0.1, -0.05) is 12.1 Å². The lowest BCUT2D eigenvalue weighted by Crippen LogP contribution is -2.45. The number of rotatable bonds is 3. The summed E-state index contributed by atoms with van der Waals surface area (Å²) in [6, 6.07) is 6.67. The molecule has 2 aliphatic heterocycles. The van der Waals surface area contributed by atoms with Crippen molar-refractivity contribution in [1.29, 1.82) is 0 Å². The lowest BCUT2D eigenvalue weighted by Gasteiger charge is -2.34. The van der Waals surface area contributed by atoms with Gasteiger partial charge in [0.15, 0.2) is 0 Å². The second-order valence-corrected chi connectivity index (χ2v) is 6.88. The van der Waals surface area contributed by atoms with E-state index in [1.165, 1.54) is 12.1 Å². The molecule has 2 atom stereocenters. The molecule has 3 fully saturated rings. The third-order valence-electron chi connectivity index (χ3n) is 5.09. The van der Waals surface area contributed by atoms with Crippen molar-refractivity contribution in [2.75, 3.05) is 26.2 Å². The van der Waals surface area contributed by atoms with E-state index < -0.39 is 0 Å². The number of ether oxygens (including phenoxy) is 1. The molecule has 1 saturated carbocycles. The second-order valence-electron chi connectivity index (χ2n) is 6.88. The van der Waals surface area contributed by atoms with Crippen LogP contribution in [0.3, 0.4) is 0 Å². The lowest BCUT2D eigenvalue weighted by atomic mass is 10.0. The number of nitrogens with zero attached hydrogens (tertiary/aromatic N) is 2. The highest BCUT2D eigenvalue weighted by molar-refractivity contribution is 5.89. The van der Waals surface area contributed by atoms with Crippen LogP contribution in [0.15, 0.2) is 24.3 Å². The molecule has 0 spiro atoms. The van der Waals surface area contributed by atoms with E-state index in [0.29, 0.717) is 38.7 Å². The summed E-state index contributed by atoms with van der Waals surface area (Å²) in [7, 11) is 0. The molecule has 24 heavy (non-hydrogen) atoms. The number of carbonyl (C=O) groups excluding carboxylic acids is 2. The Balaban J connectivity index is 1.42. The van der Waals surface area contributed by atoms with Crippen LogP contribution < -0.4 is 0 Å². The number of hydrogen-bond acceptors (Lipinski definition) is 3. The minimum atomic E-state index is -0.310. The second kappa shape index (κ2) is 6.16. The minimum Gasteiger partial charge on any atom is -0.370 e. The van der Waals surface area contributed by atoms with Gasteiger partial charge in [0.1, 0.15) is 11.9 Å². The van der Waals surface area contributed by atoms with Gasteiger partial charge in [-0.3, -0.25) is 9.59 Å². The molecule has 0 radical (unpaired) electrons. The molecule has 0 aromatic heterocycles. The van der Waals surface area contributed by atoms with Crippen LogP contribution in [0.5, 0.6) is 0 Å². The largest absolute Gasteiger partial charge is 0.370 e. The molecule has 2 amide bonds. The highest BCUT2D eigenvalue weighted by Gasteiger charge is 2.43. The van der Waals surface area contributed by atoms with Crippen LogP contribution in [-0.4, -0.2) is 53.9 Å². The topological polar surface area (TPSA) is 49.9 Å². The summed E-state index contributed by atoms with van der Waals surface area (Å²) in [4.78, 5) is 28.5. The van der Waals surface area contributed by atoms with E-state index in [-0.39, 0.29) is 29.7 Å². The maximum Gasteiger partial charge on any atom is 0.228 e. The van der Waals surface area contributed by atoms with Gasteiger partial charge in [0.05, 0.1) is 19.1 Å². The maximum atomic E-state index is 13.4. The first-order chi connectivity index (χ1) is 11.6. The van der Waals surface area contributed by atoms with Gasteiger partial charge in [-0.25, -0.2) is 4.39 Å². The van der Waals surface area contributed by atoms with Crippen LogP contribution in [0.25, 0.3) is 0 Å². The first-order valence-corrected chi connectivity index (χ1v) is 8.57. The number of likely N-dealkylation sites (tertiary alicyclic amines) is 1. The Labute approximate surface area is 140 Å². The first kappa shape index (κ1) is 15.6. The zero-order chi connectivity index (χ0) is 16.7. The van der Waals surface area contributed by atoms with Gasteiger partial charge in [0, 0.05) is 25.6 Å². The smallest absolute Gasteiger partial charge is 0.228 e. The molecule has 2 heterocycles. The van der Waals surface area contributed by atoms with E-state index >= 15 is 0 Å². The molecule has 0 bridgehead atoms. The van der Waals surface area contributed by atoms with Gasteiger partial charge in [-0.05, 0) is 30.5 Å². The lowest BCUT2D eigenvalue weighted by molar-refractivity contribution is -0.143. The zero-order valence-corrected chi connectivity index (χ0v) is 13.5. The van der Waals surface area contributed by atoms with Gasteiger partial charge in [0.25, 0.3) is 0 Å². The molecule has 4 rings (SSSR count). The summed E-state index contributed by atoms with van der Waals surface area (Å²) in [5.74, 6) is -0.424. The van der Waals surface area contributed by atoms with E-state index in [0.717, 1.165) is 18.4 Å². The third kappa shape index (κ3) is 3.02. The van der Waals surface area contributed by atoms with Crippen molar-refractivity contribution in [3.63, 3.8) is 0 Å². The number of amides is 2. The molecular formula is C18H21FN2O3. The molecule has 2 saturated heterocycles. The van der Waals surface area contributed by atoms with E-state index in [2.05, 4.69) is 0 Å². The van der Waals surface area contributed by atoms with Crippen molar-refractivity contribution in [1.82, 2.24) is 9.80 Å². The Morgan fingerprint density at radius 2 is 2.08 bits per heavy atom. The Hall–Kier alpha value is -1.95. The number of benzene rings is 1. The normalized spacial score (nSPS) is 27.6. The summed E-state index contributed by atoms with van der Waals surface area (Å²) in [5, 5.41) is 0. The van der Waals surface area contributed by atoms with Crippen molar-refractivity contribution in [3.8, 4) is 0 Å². The molecule has 3 aliphatic rings. The average molecular weight is 332 g/mol. The summed E-state index contributed by atoms with van der Waals surface area (Å²) in [6.07, 6.45) is 2.13. The molecule has 1 aromatic rings. The Bertz CT molecular complexity index is 661. The van der Waals surface area contributed by atoms with Crippen LogP contribution in [0, 0.1) is 11.7 Å². The number of morpholine rings is 1. The Morgan fingerprint density at radius 3 is 2.83 bits per heavy atom. The summed E-state index contributed by atoms with van der Waals surface area (Å²) in [5.41, 5.74) is 0.745. The average Bonchev–Trinajstić information content (AvgIpc) is 3.36. The fourth-order valence-electron chi connectivity index (χ4n) is 3.65. The quantitative estimate of drug-likeness (QED) is 0.847. The molecule has 1 aromatic carbocycles. The maximum absolute atomic E-state index is 13.4. The molecule has 0 unspecified atom stereocenters. The minimum absolute atomic E-state index is 0.0243. The van der Waals surface area contributed by atoms with E-state index in [4.69, 9.17) is 4.74 Å². The SMILES string of the molecule is O=C([C@H]1CC(=O)N(C2CC2)C1)N1CCO[C@H](c2cccc(F)c2)C1. The molecule has 5 nitrogen and oxygen atoms in total. The summed E-state index contributed by atoms with van der Waals surface area (Å²) >= 11 is 0. The predicted octanol–water partition coefficient (Wildman–Crippen LogP) is 1.74. The van der Waals surface area contributed by atoms with Crippen molar-refractivity contribution in [3.05, 3.63) is 35.6 Å². The highest BCUT2D eigenvalue weighted by Crippen LogP contribution is 2.33. The van der Waals surface area contributed by atoms with Crippen LogP contribution in [0.4, 0.5) is 4.39 Å². The van der Waals surface area contributed by atoms with Gasteiger partial charge in [-0.15, -0.1) is 0 Å². The Morgan fingerprint density at radius 1 is 1.25 bits per heavy atom. The monoisotopic (exact) mass is 332 g/mol. The van der Waals surface area contributed by atoms with Gasteiger partial charge < -0.3 is 14.5 Å². The highest BCUT2D eigenvalue weighted by atomic mass is 19.1. The van der Waals surface area contributed by atoms with Crippen LogP contribution in [0.2, 0.25) is 0 Å². The molecular weight excluding hydrogens is 311 g/mol. The standard InChI is InChI=1S/C18H21FN2O3/c19-14-3-1-2-12(8-14)16-11-20(6-7-24-16)18(23)13-9-17(22)21(10-13)15-4-5-15/h1-3,8,13,15-16H,4-7,9-11H2/t13-,16-/m0/s1. The zero-order valence-electron chi connectivity index (χ0n) is 13.5. The predicted molar refractivity (Wildman–Crippen MR) is 84.5 cm³/mol. The van der Waals surface area contributed by atoms with E-state index in [1.807, 2.05) is 11.0 Å². The Kier molecular flexibility index (Phi) is 4.00. The summed E-state index contributed by atoms with van der Waals surface area (Å²) < 4.78 is 19.1. The fraction of sp³-hybridized carbons (Fsp3) is 0.556. The number of carbonyl (C=O) groups is 2. The third-order valence-corrected chi connectivity index (χ3v) is 5.09. The van der Waals surface area contributed by atoms with Crippen molar-refractivity contribution >= 4 is 11.8 Å². The molecule has 128 valence electrons. The molecule has 0 N–H and O–H groups in total. The summed E-state index contributed by atoms with van der Waals surface area (Å²) in [6.45, 7) is 1.92. The molecule has 6 heteroatoms. The van der Waals surface area contributed by atoms with E-state index in [9.17, 15) is 14.0 Å². The van der Waals surface area contributed by atoms with Gasteiger partial charge in [0.2, 0.25) is 11.8 Å². The number of hydrogen-bond donors (Lipinski definition) is 0. The van der Waals surface area contributed by atoms with Crippen LogP contribution >= 0.6 is 0 Å². The first-order valence-electron chi connectivity index (χ1n) is 8.57. The van der Waals surface area contributed by atoms with Crippen molar-refractivity contribution in [2.24, 2.45) is 5.92 Å². The molecule has 1 aliphatic carbocycles. The van der Waals surface area contributed by atoms with Crippen molar-refractivity contribution < 1.29 is 18.7 Å². The van der Waals surface area contributed by atoms with Crippen LogP contribution in [-0.2, 0) is 14.3 Å². The van der Waals surface area contributed by atoms with Crippen molar-refractivity contribution in [2.45, 2.75) is 31.4 Å². The van der Waals surface area contributed by atoms with Gasteiger partial charge >= 0.3 is 0 Å². The van der Waals surface area contributed by atoms with E-state index in [1.54, 1.807) is 11.0 Å². The van der Waals surface area contributed by atoms with Gasteiger partial charge in [-0.2, -0.15) is 0 Å².